The third-order valence-electron chi connectivity index (χ3n) is 5.58. The van der Waals surface area contributed by atoms with Crippen LogP contribution in [0.1, 0.15) is 53.9 Å². The second-order valence-electron chi connectivity index (χ2n) is 8.50. The van der Waals surface area contributed by atoms with Crippen molar-refractivity contribution in [2.45, 2.75) is 78.4 Å². The number of unbranched alkanes of at least 4 members (excludes halogenated alkanes) is 1. The highest BCUT2D eigenvalue weighted by Gasteiger charge is 2.44. The Kier molecular flexibility index (Phi) is 13.6. The summed E-state index contributed by atoms with van der Waals surface area (Å²) in [4.78, 5) is 58.2. The van der Waals surface area contributed by atoms with Gasteiger partial charge in [0.15, 0.2) is 6.29 Å². The average Bonchev–Trinajstić information content (AvgIpc) is 2.78. The summed E-state index contributed by atoms with van der Waals surface area (Å²) in [6, 6.07) is -1.09. The molecule has 0 saturated carbocycles. The van der Waals surface area contributed by atoms with Gasteiger partial charge in [-0.25, -0.2) is 0 Å². The molecular weight excluding hydrogens is 482 g/mol. The Morgan fingerprint density at radius 3 is 2.26 bits per heavy atom. The smallest absolute Gasteiger partial charge is 0.303 e. The van der Waals surface area contributed by atoms with E-state index >= 15 is 0 Å². The molecule has 0 aromatic rings. The minimum Gasteiger partial charge on any atom is -0.463 e. The number of hydrogen-bond donors (Lipinski definition) is 4. The van der Waals surface area contributed by atoms with Gasteiger partial charge >= 0.3 is 11.9 Å². The highest BCUT2D eigenvalue weighted by molar-refractivity contribution is 7.78. The van der Waals surface area contributed by atoms with Crippen LogP contribution in [0.15, 0.2) is 0 Å². The Hall–Kier alpha value is -2.38. The molecule has 1 rings (SSSR count). The zero-order valence-corrected chi connectivity index (χ0v) is 21.7. The molecule has 3 N–H and O–H groups in total. The molecule has 0 bridgehead atoms. The Balaban J connectivity index is 2.80. The van der Waals surface area contributed by atoms with Crippen molar-refractivity contribution >= 4 is 42.5 Å². The molecule has 0 aromatic carbocycles. The second kappa shape index (κ2) is 15.6. The lowest BCUT2D eigenvalue weighted by Gasteiger charge is -2.44. The molecule has 0 radical (unpaired) electrons. The standard InChI is InChI=1S/C22H37N3O9S/c1-12-13(2)22(31-9-7-6-8-19(29)25-35)34-18(20(12)33-16(5)28)10-23-21(30)17(24-14(3)26)11-32-15(4)27/h12-13,17-18,20,22,35H,6-11H2,1-5H3,(H,23,30)(H,24,26)(H,25,29)/t12-,13?,17?,18?,20-,22?/m1/s1. The van der Waals surface area contributed by atoms with Gasteiger partial charge in [-0.2, -0.15) is 0 Å². The number of carbonyl (C=O) groups excluding carboxylic acids is 5. The van der Waals surface area contributed by atoms with Crippen LogP contribution in [0.3, 0.4) is 0 Å². The van der Waals surface area contributed by atoms with Gasteiger partial charge in [-0.15, -0.1) is 0 Å². The van der Waals surface area contributed by atoms with Gasteiger partial charge < -0.3 is 34.3 Å². The summed E-state index contributed by atoms with van der Waals surface area (Å²) in [5.41, 5.74) is 0. The maximum absolute atomic E-state index is 12.7. The Morgan fingerprint density at radius 2 is 1.69 bits per heavy atom. The molecule has 1 fully saturated rings. The van der Waals surface area contributed by atoms with Crippen molar-refractivity contribution in [3.63, 3.8) is 0 Å². The quantitative estimate of drug-likeness (QED) is 0.152. The molecule has 35 heavy (non-hydrogen) atoms. The third kappa shape index (κ3) is 11.3. The van der Waals surface area contributed by atoms with Crippen molar-refractivity contribution in [1.82, 2.24) is 15.4 Å². The van der Waals surface area contributed by atoms with Crippen LogP contribution in [0.5, 0.6) is 0 Å². The van der Waals surface area contributed by atoms with E-state index < -0.39 is 48.3 Å². The lowest BCUT2D eigenvalue weighted by molar-refractivity contribution is -0.265. The van der Waals surface area contributed by atoms with E-state index in [2.05, 4.69) is 28.2 Å². The van der Waals surface area contributed by atoms with E-state index in [0.29, 0.717) is 25.9 Å². The number of nitrogens with one attached hydrogen (secondary N) is 3. The average molecular weight is 520 g/mol. The normalized spacial score (nSPS) is 24.6. The number of thiol groups is 1. The minimum atomic E-state index is -1.09. The van der Waals surface area contributed by atoms with Crippen molar-refractivity contribution in [2.24, 2.45) is 11.8 Å². The largest absolute Gasteiger partial charge is 0.463 e. The zero-order valence-electron chi connectivity index (χ0n) is 20.8. The Morgan fingerprint density at radius 1 is 1.00 bits per heavy atom. The predicted molar refractivity (Wildman–Crippen MR) is 127 cm³/mol. The summed E-state index contributed by atoms with van der Waals surface area (Å²) in [7, 11) is 0. The first-order chi connectivity index (χ1) is 16.5. The van der Waals surface area contributed by atoms with Crippen LogP contribution in [0, 0.1) is 11.8 Å². The summed E-state index contributed by atoms with van der Waals surface area (Å²) in [6.45, 7) is 7.54. The first-order valence-corrected chi connectivity index (χ1v) is 12.0. The van der Waals surface area contributed by atoms with Crippen LogP contribution in [-0.4, -0.2) is 74.0 Å². The molecule has 1 heterocycles. The van der Waals surface area contributed by atoms with Crippen molar-refractivity contribution in [3.8, 4) is 0 Å². The van der Waals surface area contributed by atoms with E-state index in [1.54, 1.807) is 0 Å². The van der Waals surface area contributed by atoms with Gasteiger partial charge in [0, 0.05) is 52.2 Å². The minimum absolute atomic E-state index is 0.0357. The van der Waals surface area contributed by atoms with Gasteiger partial charge in [0.2, 0.25) is 17.7 Å². The van der Waals surface area contributed by atoms with Crippen molar-refractivity contribution in [3.05, 3.63) is 0 Å². The number of esters is 2. The topological polar surface area (TPSA) is 158 Å². The fourth-order valence-electron chi connectivity index (χ4n) is 3.59. The van der Waals surface area contributed by atoms with E-state index in [1.165, 1.54) is 20.8 Å². The van der Waals surface area contributed by atoms with Gasteiger partial charge in [-0.3, -0.25) is 24.0 Å². The second-order valence-corrected chi connectivity index (χ2v) is 8.72. The van der Waals surface area contributed by atoms with Crippen molar-refractivity contribution in [2.75, 3.05) is 19.8 Å². The highest BCUT2D eigenvalue weighted by atomic mass is 32.1. The maximum atomic E-state index is 12.7. The van der Waals surface area contributed by atoms with Gasteiger partial charge in [0.25, 0.3) is 0 Å². The van der Waals surface area contributed by atoms with E-state index in [9.17, 15) is 24.0 Å². The molecule has 1 saturated heterocycles. The molecule has 0 aliphatic carbocycles. The maximum Gasteiger partial charge on any atom is 0.303 e. The van der Waals surface area contributed by atoms with Gasteiger partial charge in [0.1, 0.15) is 24.9 Å². The molecule has 12 nitrogen and oxygen atoms in total. The fourth-order valence-corrected chi connectivity index (χ4v) is 3.70. The van der Waals surface area contributed by atoms with Gasteiger partial charge in [-0.1, -0.05) is 26.7 Å². The monoisotopic (exact) mass is 519 g/mol. The first-order valence-electron chi connectivity index (χ1n) is 11.5. The number of amides is 3. The van der Waals surface area contributed by atoms with E-state index in [1.807, 2.05) is 13.8 Å². The van der Waals surface area contributed by atoms with Gasteiger partial charge in [-0.05, 0) is 12.8 Å². The molecule has 13 heteroatoms. The summed E-state index contributed by atoms with van der Waals surface area (Å²) >= 11 is 3.71. The third-order valence-corrected chi connectivity index (χ3v) is 5.83. The zero-order chi connectivity index (χ0) is 26.5. The lowest BCUT2D eigenvalue weighted by atomic mass is 9.84. The Bertz CT molecular complexity index is 752. The van der Waals surface area contributed by atoms with Crippen LogP contribution in [0.2, 0.25) is 0 Å². The number of hydrogen-bond acceptors (Lipinski definition) is 10. The summed E-state index contributed by atoms with van der Waals surface area (Å²) in [6.07, 6.45) is -0.410. The van der Waals surface area contributed by atoms with E-state index in [0.717, 1.165) is 0 Å². The van der Waals surface area contributed by atoms with Crippen LogP contribution in [0.25, 0.3) is 0 Å². The van der Waals surface area contributed by atoms with Crippen molar-refractivity contribution < 1.29 is 42.9 Å². The molecule has 0 spiro atoms. The van der Waals surface area contributed by atoms with E-state index in [-0.39, 0.29) is 30.9 Å². The number of ether oxygens (including phenoxy) is 4. The summed E-state index contributed by atoms with van der Waals surface area (Å²) in [5.74, 6) is -2.57. The SMILES string of the molecule is CC(=O)NC(COC(C)=O)C(=O)NCC1OC(OCCCCC(=O)NS)C(C)[C@@H](C)[C@H]1OC(C)=O. The van der Waals surface area contributed by atoms with Crippen LogP contribution >= 0.6 is 12.8 Å². The summed E-state index contributed by atoms with van der Waals surface area (Å²) < 4.78 is 24.6. The molecule has 0 aromatic heterocycles. The number of rotatable bonds is 13. The van der Waals surface area contributed by atoms with Crippen molar-refractivity contribution in [1.29, 1.82) is 0 Å². The number of carbonyl (C=O) groups is 5. The summed E-state index contributed by atoms with van der Waals surface area (Å²) in [5, 5.41) is 5.10. The molecule has 200 valence electrons. The van der Waals surface area contributed by atoms with E-state index in [4.69, 9.17) is 18.9 Å². The first kappa shape index (κ1) is 30.7. The van der Waals surface area contributed by atoms with Gasteiger partial charge in [0.05, 0.1) is 0 Å². The Labute approximate surface area is 211 Å². The molecule has 6 atom stereocenters. The molecule has 1 aliphatic rings. The van der Waals surface area contributed by atoms with Crippen LogP contribution in [0.4, 0.5) is 0 Å². The predicted octanol–water partition coefficient (Wildman–Crippen LogP) is 0.247. The molecule has 1 aliphatic heterocycles. The fraction of sp³-hybridized carbons (Fsp3) is 0.773. The van der Waals surface area contributed by atoms with Crippen LogP contribution in [-0.2, 0) is 42.9 Å². The molecule has 4 unspecified atom stereocenters. The lowest BCUT2D eigenvalue weighted by Crippen LogP contribution is -2.57. The molecular formula is C22H37N3O9S. The van der Waals surface area contributed by atoms with Crippen LogP contribution < -0.4 is 15.4 Å². The highest BCUT2D eigenvalue weighted by Crippen LogP contribution is 2.33. The molecule has 3 amide bonds.